The van der Waals surface area contributed by atoms with Gasteiger partial charge in [-0.3, -0.25) is 9.59 Å². The molecule has 8 nitrogen and oxygen atoms in total. The summed E-state index contributed by atoms with van der Waals surface area (Å²) in [5, 5.41) is 23.9. The summed E-state index contributed by atoms with van der Waals surface area (Å²) < 4.78 is 0. The van der Waals surface area contributed by atoms with Crippen LogP contribution in [0.15, 0.2) is 24.3 Å². The van der Waals surface area contributed by atoms with E-state index < -0.39 is 35.9 Å². The van der Waals surface area contributed by atoms with Crippen LogP contribution in [-0.4, -0.2) is 46.1 Å². The fourth-order valence-electron chi connectivity index (χ4n) is 2.93. The van der Waals surface area contributed by atoms with Crippen LogP contribution < -0.4 is 16.4 Å². The number of nitrogens with one attached hydrogen (secondary N) is 2. The first kappa shape index (κ1) is 24.4. The highest BCUT2D eigenvalue weighted by molar-refractivity contribution is 5.91. The van der Waals surface area contributed by atoms with E-state index >= 15 is 0 Å². The van der Waals surface area contributed by atoms with Crippen molar-refractivity contribution in [3.05, 3.63) is 29.8 Å². The maximum atomic E-state index is 12.7. The van der Waals surface area contributed by atoms with Crippen LogP contribution in [0.2, 0.25) is 0 Å². The summed E-state index contributed by atoms with van der Waals surface area (Å²) in [6.07, 6.45) is 0.897. The fraction of sp³-hybridized carbons (Fsp3) is 0.571. The summed E-state index contributed by atoms with van der Waals surface area (Å²) in [6.45, 7) is 7.56. The number of aromatic hydroxyl groups is 1. The highest BCUT2D eigenvalue weighted by Gasteiger charge is 2.28. The molecule has 0 saturated heterocycles. The van der Waals surface area contributed by atoms with Gasteiger partial charge in [0, 0.05) is 0 Å². The third-order valence-electron chi connectivity index (χ3n) is 4.39. The van der Waals surface area contributed by atoms with Crippen LogP contribution in [0.1, 0.15) is 46.1 Å². The molecule has 0 radical (unpaired) electrons. The first-order valence-corrected chi connectivity index (χ1v) is 9.86. The van der Waals surface area contributed by atoms with Crippen LogP contribution in [-0.2, 0) is 20.8 Å². The highest BCUT2D eigenvalue weighted by atomic mass is 16.4. The molecule has 8 heteroatoms. The number of nitrogens with two attached hydrogens (primary N) is 1. The van der Waals surface area contributed by atoms with E-state index in [1.165, 1.54) is 12.1 Å². The summed E-state index contributed by atoms with van der Waals surface area (Å²) in [4.78, 5) is 36.6. The number of carboxylic acids is 1. The molecule has 29 heavy (non-hydrogen) atoms. The van der Waals surface area contributed by atoms with Crippen molar-refractivity contribution in [2.24, 2.45) is 17.6 Å². The molecule has 6 N–H and O–H groups in total. The molecule has 0 aliphatic heterocycles. The van der Waals surface area contributed by atoms with Crippen molar-refractivity contribution >= 4 is 17.8 Å². The predicted molar refractivity (Wildman–Crippen MR) is 110 cm³/mol. The maximum Gasteiger partial charge on any atom is 0.326 e. The average Bonchev–Trinajstić information content (AvgIpc) is 2.61. The van der Waals surface area contributed by atoms with Crippen molar-refractivity contribution in [1.82, 2.24) is 10.6 Å². The third kappa shape index (κ3) is 8.95. The molecular formula is C21H33N3O5. The molecule has 0 aliphatic carbocycles. The molecule has 0 spiro atoms. The first-order valence-electron chi connectivity index (χ1n) is 9.86. The van der Waals surface area contributed by atoms with Gasteiger partial charge in [-0.15, -0.1) is 0 Å². The van der Waals surface area contributed by atoms with Crippen molar-refractivity contribution in [3.63, 3.8) is 0 Å². The second-order valence-corrected chi connectivity index (χ2v) is 8.20. The van der Waals surface area contributed by atoms with Gasteiger partial charge >= 0.3 is 5.97 Å². The van der Waals surface area contributed by atoms with Gasteiger partial charge in [0.25, 0.3) is 0 Å². The molecular weight excluding hydrogens is 374 g/mol. The molecule has 1 rings (SSSR count). The van der Waals surface area contributed by atoms with Gasteiger partial charge < -0.3 is 26.6 Å². The highest BCUT2D eigenvalue weighted by Crippen LogP contribution is 2.12. The lowest BCUT2D eigenvalue weighted by Crippen LogP contribution is -2.55. The zero-order chi connectivity index (χ0) is 22.1. The number of amides is 2. The minimum absolute atomic E-state index is 0.0910. The number of phenolic OH excluding ortho intramolecular Hbond substituents is 1. The summed E-state index contributed by atoms with van der Waals surface area (Å²) >= 11 is 0. The van der Waals surface area contributed by atoms with Crippen molar-refractivity contribution in [1.29, 1.82) is 0 Å². The van der Waals surface area contributed by atoms with Gasteiger partial charge in [0.2, 0.25) is 11.8 Å². The zero-order valence-electron chi connectivity index (χ0n) is 17.5. The van der Waals surface area contributed by atoms with Crippen molar-refractivity contribution in [3.8, 4) is 5.75 Å². The molecule has 162 valence electrons. The Hall–Kier alpha value is -2.61. The lowest BCUT2D eigenvalue weighted by Gasteiger charge is -2.24. The average molecular weight is 408 g/mol. The van der Waals surface area contributed by atoms with E-state index in [1.54, 1.807) is 12.1 Å². The van der Waals surface area contributed by atoms with Crippen LogP contribution in [0, 0.1) is 11.8 Å². The Kier molecular flexibility index (Phi) is 9.61. The summed E-state index contributed by atoms with van der Waals surface area (Å²) in [5.41, 5.74) is 6.76. The Labute approximate surface area is 171 Å². The van der Waals surface area contributed by atoms with Crippen LogP contribution in [0.4, 0.5) is 0 Å². The summed E-state index contributed by atoms with van der Waals surface area (Å²) in [7, 11) is 0. The van der Waals surface area contributed by atoms with E-state index in [4.69, 9.17) is 5.73 Å². The summed E-state index contributed by atoms with van der Waals surface area (Å²) in [5.74, 6) is -1.81. The number of hydrogen-bond acceptors (Lipinski definition) is 5. The Balaban J connectivity index is 2.79. The largest absolute Gasteiger partial charge is 0.508 e. The zero-order valence-corrected chi connectivity index (χ0v) is 17.5. The number of hydrogen-bond donors (Lipinski definition) is 5. The van der Waals surface area contributed by atoms with Crippen molar-refractivity contribution in [2.75, 3.05) is 0 Å². The molecule has 0 unspecified atom stereocenters. The van der Waals surface area contributed by atoms with Gasteiger partial charge in [-0.05, 0) is 48.8 Å². The molecule has 3 atom stereocenters. The fourth-order valence-corrected chi connectivity index (χ4v) is 2.93. The number of carboxylic acid groups (broad SMARTS) is 1. The second-order valence-electron chi connectivity index (χ2n) is 8.20. The third-order valence-corrected chi connectivity index (χ3v) is 4.39. The van der Waals surface area contributed by atoms with Crippen LogP contribution in [0.5, 0.6) is 5.75 Å². The Morgan fingerprint density at radius 3 is 1.86 bits per heavy atom. The number of benzene rings is 1. The number of aliphatic carboxylic acids is 1. The molecule has 1 aromatic rings. The van der Waals surface area contributed by atoms with Gasteiger partial charge in [-0.2, -0.15) is 0 Å². The Morgan fingerprint density at radius 2 is 1.38 bits per heavy atom. The number of rotatable bonds is 11. The van der Waals surface area contributed by atoms with Gasteiger partial charge in [-0.25, -0.2) is 4.79 Å². The van der Waals surface area contributed by atoms with E-state index in [0.717, 1.165) is 5.56 Å². The quantitative estimate of drug-likeness (QED) is 0.375. The monoisotopic (exact) mass is 407 g/mol. The van der Waals surface area contributed by atoms with Crippen LogP contribution in [0.3, 0.4) is 0 Å². The lowest BCUT2D eigenvalue weighted by molar-refractivity contribution is -0.142. The molecule has 2 amide bonds. The van der Waals surface area contributed by atoms with Gasteiger partial charge in [-0.1, -0.05) is 39.8 Å². The Bertz CT molecular complexity index is 688. The summed E-state index contributed by atoms with van der Waals surface area (Å²) in [6, 6.07) is 3.59. The molecule has 0 aliphatic rings. The SMILES string of the molecule is CC(C)C[C@H](NC(=O)[C@@H](CC(C)C)NC(=O)[C@H](N)Cc1ccc(O)cc1)C(=O)O. The number of phenols is 1. The van der Waals surface area contributed by atoms with Crippen molar-refractivity contribution in [2.45, 2.75) is 65.1 Å². The van der Waals surface area contributed by atoms with E-state index in [-0.39, 0.29) is 24.0 Å². The molecule has 0 heterocycles. The van der Waals surface area contributed by atoms with Crippen LogP contribution in [0.25, 0.3) is 0 Å². The normalized spacial score (nSPS) is 14.3. The van der Waals surface area contributed by atoms with E-state index in [0.29, 0.717) is 12.8 Å². The smallest absolute Gasteiger partial charge is 0.326 e. The minimum atomic E-state index is -1.11. The molecule has 0 fully saturated rings. The maximum absolute atomic E-state index is 12.7. The minimum Gasteiger partial charge on any atom is -0.508 e. The first-order chi connectivity index (χ1) is 13.5. The number of carbonyl (C=O) groups excluding carboxylic acids is 2. The predicted octanol–water partition coefficient (Wildman–Crippen LogP) is 1.41. The molecule has 0 bridgehead atoms. The molecule has 1 aromatic carbocycles. The standard InChI is InChI=1S/C21H33N3O5/c1-12(2)9-17(20(27)24-18(21(28)29)10-13(3)4)23-19(26)16(22)11-14-5-7-15(25)8-6-14/h5-8,12-13,16-18,25H,9-11,22H2,1-4H3,(H,23,26)(H,24,27)(H,28,29)/t16-,17-,18+/m1/s1. The molecule has 0 saturated carbocycles. The number of carbonyl (C=O) groups is 3. The second kappa shape index (κ2) is 11.4. The van der Waals surface area contributed by atoms with Crippen molar-refractivity contribution < 1.29 is 24.6 Å². The topological polar surface area (TPSA) is 142 Å². The van der Waals surface area contributed by atoms with E-state index in [1.807, 2.05) is 27.7 Å². The van der Waals surface area contributed by atoms with E-state index in [2.05, 4.69) is 10.6 Å². The van der Waals surface area contributed by atoms with E-state index in [9.17, 15) is 24.6 Å². The van der Waals surface area contributed by atoms with Crippen LogP contribution >= 0.6 is 0 Å². The molecule has 0 aromatic heterocycles. The van der Waals surface area contributed by atoms with Gasteiger partial charge in [0.05, 0.1) is 6.04 Å². The van der Waals surface area contributed by atoms with Gasteiger partial charge in [0.15, 0.2) is 0 Å². The lowest BCUT2D eigenvalue weighted by atomic mass is 9.99. The van der Waals surface area contributed by atoms with Gasteiger partial charge in [0.1, 0.15) is 17.8 Å². The Morgan fingerprint density at radius 1 is 0.897 bits per heavy atom.